The standard InChI is InChI=1S/C10H15N3O4/c1-5-9(6(2)13-12-5)11-8(14)4-17-7(3)10(15)16/h7H,4H2,1-3H3,(H,11,14)(H,12,13)(H,15,16)/t7-/m1/s1. The highest BCUT2D eigenvalue weighted by Gasteiger charge is 2.15. The smallest absolute Gasteiger partial charge is 0.332 e. The number of hydrogen-bond donors (Lipinski definition) is 3. The van der Waals surface area contributed by atoms with Crippen LogP contribution in [-0.2, 0) is 14.3 Å². The maximum Gasteiger partial charge on any atom is 0.332 e. The van der Waals surface area contributed by atoms with Gasteiger partial charge in [0.05, 0.1) is 17.1 Å². The van der Waals surface area contributed by atoms with Crippen LogP contribution in [0.4, 0.5) is 5.69 Å². The van der Waals surface area contributed by atoms with Crippen LogP contribution in [0.25, 0.3) is 0 Å². The summed E-state index contributed by atoms with van der Waals surface area (Å²) in [5.41, 5.74) is 2.01. The summed E-state index contributed by atoms with van der Waals surface area (Å²) in [5.74, 6) is -1.51. The number of carboxylic acids is 1. The fourth-order valence-corrected chi connectivity index (χ4v) is 1.18. The van der Waals surface area contributed by atoms with E-state index in [1.807, 2.05) is 0 Å². The van der Waals surface area contributed by atoms with Gasteiger partial charge in [0.15, 0.2) is 6.10 Å². The van der Waals surface area contributed by atoms with Crippen LogP contribution in [0.5, 0.6) is 0 Å². The van der Waals surface area contributed by atoms with Crippen molar-refractivity contribution >= 4 is 17.6 Å². The van der Waals surface area contributed by atoms with Crippen LogP contribution in [0.15, 0.2) is 0 Å². The molecule has 0 bridgehead atoms. The summed E-state index contributed by atoms with van der Waals surface area (Å²) in [6, 6.07) is 0. The number of ether oxygens (including phenoxy) is 1. The van der Waals surface area contributed by atoms with Crippen molar-refractivity contribution in [2.75, 3.05) is 11.9 Å². The molecule has 0 aliphatic rings. The van der Waals surface area contributed by atoms with Gasteiger partial charge in [0.1, 0.15) is 6.61 Å². The molecule has 0 saturated heterocycles. The number of anilines is 1. The number of carbonyl (C=O) groups excluding carboxylic acids is 1. The molecule has 1 amide bonds. The molecule has 0 aromatic carbocycles. The number of rotatable bonds is 5. The van der Waals surface area contributed by atoms with Crippen LogP contribution >= 0.6 is 0 Å². The van der Waals surface area contributed by atoms with E-state index < -0.39 is 18.0 Å². The highest BCUT2D eigenvalue weighted by atomic mass is 16.5. The van der Waals surface area contributed by atoms with Gasteiger partial charge in [0.2, 0.25) is 0 Å². The van der Waals surface area contributed by atoms with Gasteiger partial charge in [-0.3, -0.25) is 9.89 Å². The van der Waals surface area contributed by atoms with E-state index in [0.717, 1.165) is 5.69 Å². The summed E-state index contributed by atoms with van der Waals surface area (Å²) >= 11 is 0. The molecule has 1 rings (SSSR count). The zero-order valence-electron chi connectivity index (χ0n) is 9.90. The lowest BCUT2D eigenvalue weighted by atomic mass is 10.3. The predicted molar refractivity (Wildman–Crippen MR) is 59.7 cm³/mol. The Morgan fingerprint density at radius 3 is 2.65 bits per heavy atom. The average Bonchev–Trinajstić information content (AvgIpc) is 2.57. The van der Waals surface area contributed by atoms with Gasteiger partial charge in [-0.05, 0) is 20.8 Å². The summed E-state index contributed by atoms with van der Waals surface area (Å²) in [7, 11) is 0. The first-order chi connectivity index (χ1) is 7.91. The zero-order valence-corrected chi connectivity index (χ0v) is 9.90. The number of nitrogens with one attached hydrogen (secondary N) is 2. The van der Waals surface area contributed by atoms with E-state index in [1.165, 1.54) is 6.92 Å². The molecule has 1 aromatic heterocycles. The molecule has 0 aliphatic heterocycles. The monoisotopic (exact) mass is 241 g/mol. The molecule has 0 radical (unpaired) electrons. The Morgan fingerprint density at radius 1 is 1.53 bits per heavy atom. The first kappa shape index (κ1) is 13.2. The number of aliphatic carboxylic acids is 1. The second kappa shape index (κ2) is 5.44. The number of aryl methyl sites for hydroxylation is 2. The molecule has 1 heterocycles. The van der Waals surface area contributed by atoms with Crippen molar-refractivity contribution in [3.05, 3.63) is 11.4 Å². The minimum absolute atomic E-state index is 0.308. The lowest BCUT2D eigenvalue weighted by molar-refractivity contribution is -0.150. The second-order valence-electron chi connectivity index (χ2n) is 3.65. The van der Waals surface area contributed by atoms with Crippen LogP contribution in [0.1, 0.15) is 18.3 Å². The van der Waals surface area contributed by atoms with Gasteiger partial charge in [-0.2, -0.15) is 5.10 Å². The normalized spacial score (nSPS) is 12.2. The average molecular weight is 241 g/mol. The third kappa shape index (κ3) is 3.56. The Labute approximate surface area is 98.2 Å². The molecule has 7 heteroatoms. The molecule has 7 nitrogen and oxygen atoms in total. The number of hydrogen-bond acceptors (Lipinski definition) is 4. The quantitative estimate of drug-likeness (QED) is 0.694. The third-order valence-electron chi connectivity index (χ3n) is 2.20. The fourth-order valence-electron chi connectivity index (χ4n) is 1.18. The van der Waals surface area contributed by atoms with Crippen LogP contribution in [0, 0.1) is 13.8 Å². The Morgan fingerprint density at radius 2 is 2.18 bits per heavy atom. The van der Waals surface area contributed by atoms with Crippen molar-refractivity contribution in [1.82, 2.24) is 10.2 Å². The largest absolute Gasteiger partial charge is 0.479 e. The Bertz CT molecular complexity index is 408. The minimum Gasteiger partial charge on any atom is -0.479 e. The minimum atomic E-state index is -1.10. The van der Waals surface area contributed by atoms with Gasteiger partial charge in [0, 0.05) is 0 Å². The number of aromatic amines is 1. The zero-order chi connectivity index (χ0) is 13.0. The predicted octanol–water partition coefficient (Wildman–Crippen LogP) is 0.455. The van der Waals surface area contributed by atoms with Gasteiger partial charge in [-0.1, -0.05) is 0 Å². The molecule has 3 N–H and O–H groups in total. The number of aromatic nitrogens is 2. The summed E-state index contributed by atoms with van der Waals surface area (Å²) in [5, 5.41) is 17.8. The van der Waals surface area contributed by atoms with Crippen molar-refractivity contribution in [1.29, 1.82) is 0 Å². The van der Waals surface area contributed by atoms with E-state index >= 15 is 0 Å². The van der Waals surface area contributed by atoms with Crippen molar-refractivity contribution < 1.29 is 19.4 Å². The molecule has 0 unspecified atom stereocenters. The van der Waals surface area contributed by atoms with Gasteiger partial charge < -0.3 is 15.2 Å². The molecule has 1 aromatic rings. The molecule has 17 heavy (non-hydrogen) atoms. The Kier molecular flexibility index (Phi) is 4.22. The molecule has 0 saturated carbocycles. The highest BCUT2D eigenvalue weighted by Crippen LogP contribution is 2.15. The van der Waals surface area contributed by atoms with Crippen LogP contribution in [0.3, 0.4) is 0 Å². The highest BCUT2D eigenvalue weighted by molar-refractivity contribution is 5.92. The topological polar surface area (TPSA) is 104 Å². The van der Waals surface area contributed by atoms with Crippen molar-refractivity contribution in [3.63, 3.8) is 0 Å². The molecule has 94 valence electrons. The van der Waals surface area contributed by atoms with Gasteiger partial charge in [-0.15, -0.1) is 0 Å². The van der Waals surface area contributed by atoms with E-state index in [0.29, 0.717) is 11.4 Å². The van der Waals surface area contributed by atoms with Crippen LogP contribution in [0.2, 0.25) is 0 Å². The summed E-state index contributed by atoms with van der Waals surface area (Å²) < 4.78 is 4.85. The van der Waals surface area contributed by atoms with Gasteiger partial charge in [0.25, 0.3) is 5.91 Å². The molecule has 0 fully saturated rings. The number of carbonyl (C=O) groups is 2. The first-order valence-electron chi connectivity index (χ1n) is 5.07. The van der Waals surface area contributed by atoms with E-state index in [1.54, 1.807) is 13.8 Å². The summed E-state index contributed by atoms with van der Waals surface area (Å²) in [6.45, 7) is 4.58. The maximum absolute atomic E-state index is 11.5. The van der Waals surface area contributed by atoms with Crippen LogP contribution in [-0.4, -0.2) is 39.9 Å². The summed E-state index contributed by atoms with van der Waals surface area (Å²) in [4.78, 5) is 21.9. The van der Waals surface area contributed by atoms with Gasteiger partial charge >= 0.3 is 5.97 Å². The van der Waals surface area contributed by atoms with Crippen LogP contribution < -0.4 is 5.32 Å². The van der Waals surface area contributed by atoms with E-state index in [4.69, 9.17) is 9.84 Å². The number of H-pyrrole nitrogens is 1. The molecule has 0 aliphatic carbocycles. The SMILES string of the molecule is Cc1n[nH]c(C)c1NC(=O)CO[C@H](C)C(=O)O. The lowest BCUT2D eigenvalue weighted by Crippen LogP contribution is -2.26. The van der Waals surface area contributed by atoms with E-state index in [9.17, 15) is 9.59 Å². The molecule has 0 spiro atoms. The second-order valence-corrected chi connectivity index (χ2v) is 3.65. The lowest BCUT2D eigenvalue weighted by Gasteiger charge is -2.08. The maximum atomic E-state index is 11.5. The fraction of sp³-hybridized carbons (Fsp3) is 0.500. The van der Waals surface area contributed by atoms with Crippen molar-refractivity contribution in [3.8, 4) is 0 Å². The van der Waals surface area contributed by atoms with Gasteiger partial charge in [-0.25, -0.2) is 4.79 Å². The van der Waals surface area contributed by atoms with E-state index in [-0.39, 0.29) is 6.61 Å². The van der Waals surface area contributed by atoms with E-state index in [2.05, 4.69) is 15.5 Å². The third-order valence-corrected chi connectivity index (χ3v) is 2.20. The molecular weight excluding hydrogens is 226 g/mol. The molecular formula is C10H15N3O4. The molecule has 1 atom stereocenters. The van der Waals surface area contributed by atoms with Crippen molar-refractivity contribution in [2.24, 2.45) is 0 Å². The Hall–Kier alpha value is -1.89. The summed E-state index contributed by atoms with van der Waals surface area (Å²) in [6.07, 6.45) is -1.01. The Balaban J connectivity index is 2.48. The van der Waals surface area contributed by atoms with Crippen molar-refractivity contribution in [2.45, 2.75) is 26.9 Å². The number of amides is 1. The number of nitrogens with zero attached hydrogens (tertiary/aromatic N) is 1. The number of carboxylic acid groups (broad SMARTS) is 1. The first-order valence-corrected chi connectivity index (χ1v) is 5.07.